The van der Waals surface area contributed by atoms with Gasteiger partial charge in [-0.2, -0.15) is 0 Å². The third kappa shape index (κ3) is 7.61. The lowest BCUT2D eigenvalue weighted by Crippen LogP contribution is -2.53. The normalized spacial score (nSPS) is 12.1. The molecule has 36 heavy (non-hydrogen) atoms. The summed E-state index contributed by atoms with van der Waals surface area (Å²) in [6, 6.07) is 11.4. The molecule has 0 spiro atoms. The number of hydrogen-bond donors (Lipinski definition) is 1. The van der Waals surface area contributed by atoms with Crippen molar-refractivity contribution in [1.82, 2.24) is 10.2 Å². The molecule has 0 aromatic heterocycles. The van der Waals surface area contributed by atoms with Crippen LogP contribution in [0.1, 0.15) is 38.3 Å². The molecule has 1 N–H and O–H groups in total. The van der Waals surface area contributed by atoms with Gasteiger partial charge in [0.25, 0.3) is 0 Å². The van der Waals surface area contributed by atoms with Crippen molar-refractivity contribution in [2.45, 2.75) is 52.7 Å². The summed E-state index contributed by atoms with van der Waals surface area (Å²) in [5.74, 6) is 0.181. The summed E-state index contributed by atoms with van der Waals surface area (Å²) in [7, 11) is -0.857. The minimum absolute atomic E-state index is 0.117. The Labute approximate surface area is 214 Å². The molecule has 198 valence electrons. The fourth-order valence-electron chi connectivity index (χ4n) is 3.82. The van der Waals surface area contributed by atoms with Gasteiger partial charge in [0.1, 0.15) is 24.1 Å². The predicted octanol–water partition coefficient (Wildman–Crippen LogP) is 3.11. The van der Waals surface area contributed by atoms with Gasteiger partial charge in [0.2, 0.25) is 21.8 Å². The van der Waals surface area contributed by atoms with Gasteiger partial charge in [-0.05, 0) is 62.6 Å². The zero-order valence-electron chi connectivity index (χ0n) is 22.1. The summed E-state index contributed by atoms with van der Waals surface area (Å²) in [4.78, 5) is 28.2. The van der Waals surface area contributed by atoms with Gasteiger partial charge < -0.3 is 19.7 Å². The maximum absolute atomic E-state index is 13.8. The second kappa shape index (κ2) is 12.6. The maximum Gasteiger partial charge on any atom is 0.244 e. The van der Waals surface area contributed by atoms with Gasteiger partial charge in [0.15, 0.2) is 0 Å². The van der Waals surface area contributed by atoms with Crippen molar-refractivity contribution in [2.24, 2.45) is 0 Å². The Kier molecular flexibility index (Phi) is 10.2. The van der Waals surface area contributed by atoms with Crippen molar-refractivity contribution >= 4 is 27.5 Å². The van der Waals surface area contributed by atoms with Crippen LogP contribution in [0.25, 0.3) is 0 Å². The molecule has 2 aromatic carbocycles. The van der Waals surface area contributed by atoms with E-state index in [4.69, 9.17) is 9.47 Å². The number of carbonyl (C=O) groups excluding carboxylic acids is 2. The van der Waals surface area contributed by atoms with E-state index in [0.717, 1.165) is 21.7 Å². The Morgan fingerprint density at radius 2 is 1.67 bits per heavy atom. The zero-order chi connectivity index (χ0) is 27.0. The van der Waals surface area contributed by atoms with Crippen LogP contribution in [0, 0.1) is 6.92 Å². The molecule has 9 nitrogen and oxygen atoms in total. The molecule has 2 amide bonds. The van der Waals surface area contributed by atoms with Crippen LogP contribution in [0.4, 0.5) is 5.69 Å². The van der Waals surface area contributed by atoms with Crippen LogP contribution in [0.15, 0.2) is 42.5 Å². The van der Waals surface area contributed by atoms with Gasteiger partial charge >= 0.3 is 0 Å². The van der Waals surface area contributed by atoms with Crippen LogP contribution in [-0.4, -0.2) is 64.2 Å². The first-order valence-electron chi connectivity index (χ1n) is 11.8. The average molecular weight is 520 g/mol. The number of methoxy groups -OCH3 is 2. The number of rotatable bonds is 12. The van der Waals surface area contributed by atoms with Crippen LogP contribution in [0.2, 0.25) is 0 Å². The monoisotopic (exact) mass is 519 g/mol. The SMILES string of the molecule is CC[C@@H](C(=O)NC(C)C)N(Cc1ccc(OC)cc1)C(=O)CN(c1cc(C)ccc1OC)S(C)(=O)=O. The number of nitrogens with one attached hydrogen (secondary N) is 1. The van der Waals surface area contributed by atoms with E-state index in [0.29, 0.717) is 17.9 Å². The molecule has 0 aliphatic carbocycles. The Morgan fingerprint density at radius 3 is 2.17 bits per heavy atom. The molecule has 2 rings (SSSR count). The molecule has 0 saturated heterocycles. The molecule has 1 atom stereocenters. The van der Waals surface area contributed by atoms with Gasteiger partial charge in [-0.1, -0.05) is 25.1 Å². The number of anilines is 1. The van der Waals surface area contributed by atoms with E-state index in [1.54, 1.807) is 37.4 Å². The lowest BCUT2D eigenvalue weighted by molar-refractivity contribution is -0.140. The zero-order valence-corrected chi connectivity index (χ0v) is 22.9. The highest BCUT2D eigenvalue weighted by molar-refractivity contribution is 7.92. The standard InChI is InChI=1S/C26H37N3O6S/c1-8-22(26(31)27-18(2)3)28(16-20-10-12-21(34-5)13-11-20)25(30)17-29(36(7,32)33)23-15-19(4)9-14-24(23)35-6/h9-15,18,22H,8,16-17H2,1-7H3,(H,27,31)/t22-/m0/s1. The Hall–Kier alpha value is -3.27. The number of carbonyl (C=O) groups is 2. The summed E-state index contributed by atoms with van der Waals surface area (Å²) in [5.41, 5.74) is 1.85. The average Bonchev–Trinajstić information content (AvgIpc) is 2.81. The van der Waals surface area contributed by atoms with E-state index >= 15 is 0 Å². The van der Waals surface area contributed by atoms with E-state index < -0.39 is 28.5 Å². The smallest absolute Gasteiger partial charge is 0.244 e. The highest BCUT2D eigenvalue weighted by atomic mass is 32.2. The topological polar surface area (TPSA) is 105 Å². The Balaban J connectivity index is 2.50. The fraction of sp³-hybridized carbons (Fsp3) is 0.462. The van der Waals surface area contributed by atoms with E-state index in [-0.39, 0.29) is 24.2 Å². The second-order valence-electron chi connectivity index (χ2n) is 8.90. The van der Waals surface area contributed by atoms with Crippen molar-refractivity contribution in [2.75, 3.05) is 31.3 Å². The van der Waals surface area contributed by atoms with E-state index in [1.165, 1.54) is 12.0 Å². The van der Waals surface area contributed by atoms with E-state index in [1.807, 2.05) is 39.8 Å². The van der Waals surface area contributed by atoms with Crippen LogP contribution in [0.3, 0.4) is 0 Å². The molecule has 0 fully saturated rings. The number of ether oxygens (including phenoxy) is 2. The third-order valence-corrected chi connectivity index (χ3v) is 6.74. The lowest BCUT2D eigenvalue weighted by Gasteiger charge is -2.33. The van der Waals surface area contributed by atoms with Crippen molar-refractivity contribution < 1.29 is 27.5 Å². The third-order valence-electron chi connectivity index (χ3n) is 5.61. The molecule has 0 saturated carbocycles. The minimum Gasteiger partial charge on any atom is -0.497 e. The van der Waals surface area contributed by atoms with E-state index in [9.17, 15) is 18.0 Å². The van der Waals surface area contributed by atoms with Crippen molar-refractivity contribution in [3.8, 4) is 11.5 Å². The van der Waals surface area contributed by atoms with Gasteiger partial charge in [-0.25, -0.2) is 8.42 Å². The number of nitrogens with zero attached hydrogens (tertiary/aromatic N) is 2. The molecule has 0 radical (unpaired) electrons. The molecular weight excluding hydrogens is 482 g/mol. The highest BCUT2D eigenvalue weighted by Crippen LogP contribution is 2.31. The first kappa shape index (κ1) is 29.0. The first-order chi connectivity index (χ1) is 16.9. The first-order valence-corrected chi connectivity index (χ1v) is 13.6. The van der Waals surface area contributed by atoms with Gasteiger partial charge in [-0.3, -0.25) is 13.9 Å². The maximum atomic E-state index is 13.8. The van der Waals surface area contributed by atoms with Gasteiger partial charge in [0, 0.05) is 12.6 Å². The van der Waals surface area contributed by atoms with Crippen LogP contribution >= 0.6 is 0 Å². The summed E-state index contributed by atoms with van der Waals surface area (Å²) in [6.45, 7) is 6.96. The van der Waals surface area contributed by atoms with E-state index in [2.05, 4.69) is 5.32 Å². The van der Waals surface area contributed by atoms with Crippen molar-refractivity contribution in [1.29, 1.82) is 0 Å². The summed E-state index contributed by atoms with van der Waals surface area (Å²) < 4.78 is 37.3. The minimum atomic E-state index is -3.86. The molecule has 0 aliphatic heterocycles. The largest absolute Gasteiger partial charge is 0.497 e. The molecule has 0 bridgehead atoms. The van der Waals surface area contributed by atoms with Crippen molar-refractivity contribution in [3.05, 3.63) is 53.6 Å². The number of sulfonamides is 1. The predicted molar refractivity (Wildman–Crippen MR) is 141 cm³/mol. The number of aryl methyl sites for hydroxylation is 1. The molecule has 2 aromatic rings. The molecule has 0 aliphatic rings. The summed E-state index contributed by atoms with van der Waals surface area (Å²) >= 11 is 0. The highest BCUT2D eigenvalue weighted by Gasteiger charge is 2.32. The van der Waals surface area contributed by atoms with Gasteiger partial charge in [0.05, 0.1) is 26.2 Å². The number of benzene rings is 2. The van der Waals surface area contributed by atoms with Crippen LogP contribution in [0.5, 0.6) is 11.5 Å². The summed E-state index contributed by atoms with van der Waals surface area (Å²) in [5, 5.41) is 2.87. The van der Waals surface area contributed by atoms with Crippen LogP contribution < -0.4 is 19.1 Å². The lowest BCUT2D eigenvalue weighted by atomic mass is 10.1. The summed E-state index contributed by atoms with van der Waals surface area (Å²) in [6.07, 6.45) is 1.39. The quantitative estimate of drug-likeness (QED) is 0.462. The molecule has 10 heteroatoms. The van der Waals surface area contributed by atoms with Crippen LogP contribution in [-0.2, 0) is 26.2 Å². The molecule has 0 heterocycles. The van der Waals surface area contributed by atoms with Crippen molar-refractivity contribution in [3.63, 3.8) is 0 Å². The molecule has 0 unspecified atom stereocenters. The Bertz CT molecular complexity index is 1150. The number of amides is 2. The number of hydrogen-bond acceptors (Lipinski definition) is 6. The second-order valence-corrected chi connectivity index (χ2v) is 10.8. The Morgan fingerprint density at radius 1 is 1.03 bits per heavy atom. The van der Waals surface area contributed by atoms with Gasteiger partial charge in [-0.15, -0.1) is 0 Å². The fourth-order valence-corrected chi connectivity index (χ4v) is 4.66. The molecular formula is C26H37N3O6S.